The lowest BCUT2D eigenvalue weighted by Crippen LogP contribution is -2.52. The van der Waals surface area contributed by atoms with Gasteiger partial charge in [0.25, 0.3) is 5.91 Å². The number of halogens is 1. The third-order valence-corrected chi connectivity index (χ3v) is 6.47. The number of hydrogen-bond acceptors (Lipinski definition) is 3. The molecule has 0 bridgehead atoms. The monoisotopic (exact) mass is 454 g/mol. The van der Waals surface area contributed by atoms with Crippen LogP contribution in [0.1, 0.15) is 61.3 Å². The molecule has 1 saturated carbocycles. The van der Waals surface area contributed by atoms with Crippen LogP contribution in [0, 0.1) is 26.6 Å². The second-order valence-electron chi connectivity index (χ2n) is 9.06. The van der Waals surface area contributed by atoms with E-state index in [1.807, 2.05) is 33.8 Å². The molecular formula is C27H35FN2O3. The van der Waals surface area contributed by atoms with Gasteiger partial charge in [0.15, 0.2) is 6.61 Å². The smallest absolute Gasteiger partial charge is 0.261 e. The lowest BCUT2D eigenvalue weighted by molar-refractivity contribution is -0.143. The van der Waals surface area contributed by atoms with Crippen molar-refractivity contribution < 1.29 is 18.7 Å². The summed E-state index contributed by atoms with van der Waals surface area (Å²) >= 11 is 0. The highest BCUT2D eigenvalue weighted by Gasteiger charge is 2.31. The van der Waals surface area contributed by atoms with Crippen LogP contribution in [0.4, 0.5) is 4.39 Å². The van der Waals surface area contributed by atoms with Crippen molar-refractivity contribution in [1.29, 1.82) is 0 Å². The predicted octanol–water partition coefficient (Wildman–Crippen LogP) is 5.00. The van der Waals surface area contributed by atoms with Crippen molar-refractivity contribution in [3.05, 3.63) is 64.5 Å². The van der Waals surface area contributed by atoms with E-state index < -0.39 is 6.04 Å². The average Bonchev–Trinajstić information content (AvgIpc) is 3.29. The molecule has 0 aromatic heterocycles. The third-order valence-electron chi connectivity index (χ3n) is 6.47. The fourth-order valence-corrected chi connectivity index (χ4v) is 4.45. The molecule has 178 valence electrons. The summed E-state index contributed by atoms with van der Waals surface area (Å²) < 4.78 is 19.3. The first-order valence-electron chi connectivity index (χ1n) is 11.8. The van der Waals surface area contributed by atoms with Crippen LogP contribution >= 0.6 is 0 Å². The largest absolute Gasteiger partial charge is 0.483 e. The molecule has 0 radical (unpaired) electrons. The van der Waals surface area contributed by atoms with Crippen LogP contribution < -0.4 is 10.1 Å². The zero-order chi connectivity index (χ0) is 24.0. The van der Waals surface area contributed by atoms with Gasteiger partial charge in [0.2, 0.25) is 5.91 Å². The summed E-state index contributed by atoms with van der Waals surface area (Å²) in [5.74, 6) is -0.0731. The number of hydrogen-bond donors (Lipinski definition) is 1. The van der Waals surface area contributed by atoms with E-state index in [1.54, 1.807) is 17.0 Å². The number of nitrogens with zero attached hydrogens (tertiary/aromatic N) is 1. The van der Waals surface area contributed by atoms with Crippen molar-refractivity contribution in [2.24, 2.45) is 0 Å². The Morgan fingerprint density at radius 2 is 1.79 bits per heavy atom. The molecule has 33 heavy (non-hydrogen) atoms. The number of amides is 2. The maximum Gasteiger partial charge on any atom is 0.261 e. The summed E-state index contributed by atoms with van der Waals surface area (Å²) in [7, 11) is 0. The summed E-state index contributed by atoms with van der Waals surface area (Å²) in [5, 5.41) is 3.12. The van der Waals surface area contributed by atoms with Crippen LogP contribution in [0.2, 0.25) is 0 Å². The molecule has 0 heterocycles. The zero-order valence-corrected chi connectivity index (χ0v) is 20.1. The molecule has 2 aromatic carbocycles. The van der Waals surface area contributed by atoms with Gasteiger partial charge in [-0.05, 0) is 80.5 Å². The van der Waals surface area contributed by atoms with E-state index in [-0.39, 0.29) is 36.8 Å². The van der Waals surface area contributed by atoms with Crippen molar-refractivity contribution in [3.63, 3.8) is 0 Å². The lowest BCUT2D eigenvalue weighted by atomic mass is 10.1. The van der Waals surface area contributed by atoms with E-state index >= 15 is 0 Å². The predicted molar refractivity (Wildman–Crippen MR) is 128 cm³/mol. The van der Waals surface area contributed by atoms with Crippen molar-refractivity contribution in [2.45, 2.75) is 78.4 Å². The number of benzene rings is 2. The van der Waals surface area contributed by atoms with Gasteiger partial charge in [-0.15, -0.1) is 0 Å². The van der Waals surface area contributed by atoms with E-state index in [2.05, 4.69) is 11.4 Å². The van der Waals surface area contributed by atoms with Crippen LogP contribution in [0.3, 0.4) is 0 Å². The highest BCUT2D eigenvalue weighted by Crippen LogP contribution is 2.24. The highest BCUT2D eigenvalue weighted by atomic mass is 19.1. The van der Waals surface area contributed by atoms with E-state index in [0.717, 1.165) is 47.9 Å². The lowest BCUT2D eigenvalue weighted by Gasteiger charge is -2.31. The Labute approximate surface area is 196 Å². The minimum absolute atomic E-state index is 0.137. The molecular weight excluding hydrogens is 419 g/mol. The fourth-order valence-electron chi connectivity index (χ4n) is 4.45. The molecule has 0 aliphatic heterocycles. The molecule has 0 spiro atoms. The Bertz CT molecular complexity index is 968. The van der Waals surface area contributed by atoms with Gasteiger partial charge in [-0.25, -0.2) is 4.39 Å². The average molecular weight is 455 g/mol. The molecule has 1 aliphatic rings. The molecule has 1 N–H and O–H groups in total. The fraction of sp³-hybridized carbons (Fsp3) is 0.481. The van der Waals surface area contributed by atoms with E-state index in [0.29, 0.717) is 12.2 Å². The molecule has 1 unspecified atom stereocenters. The van der Waals surface area contributed by atoms with Gasteiger partial charge in [0, 0.05) is 12.6 Å². The number of nitrogens with one attached hydrogen (secondary N) is 1. The summed E-state index contributed by atoms with van der Waals surface area (Å²) in [6.07, 6.45) is 4.66. The molecule has 0 saturated heterocycles. The zero-order valence-electron chi connectivity index (χ0n) is 20.1. The second kappa shape index (κ2) is 11.3. The summed E-state index contributed by atoms with van der Waals surface area (Å²) in [6.45, 7) is 7.91. The first-order valence-corrected chi connectivity index (χ1v) is 11.8. The van der Waals surface area contributed by atoms with Gasteiger partial charge < -0.3 is 15.0 Å². The van der Waals surface area contributed by atoms with Gasteiger partial charge in [-0.2, -0.15) is 0 Å². The molecule has 1 atom stereocenters. The summed E-state index contributed by atoms with van der Waals surface area (Å²) in [6, 6.07) is 9.57. The Morgan fingerprint density at radius 1 is 1.12 bits per heavy atom. The maximum atomic E-state index is 13.4. The molecule has 5 nitrogen and oxygen atoms in total. The quantitative estimate of drug-likeness (QED) is 0.580. The minimum Gasteiger partial charge on any atom is -0.483 e. The van der Waals surface area contributed by atoms with E-state index in [9.17, 15) is 14.0 Å². The topological polar surface area (TPSA) is 58.6 Å². The van der Waals surface area contributed by atoms with E-state index in [4.69, 9.17) is 4.74 Å². The molecule has 1 aliphatic carbocycles. The number of ether oxygens (including phenoxy) is 1. The first kappa shape index (κ1) is 24.7. The normalized spacial score (nSPS) is 14.7. The number of carbonyl (C=O) groups is 2. The maximum absolute atomic E-state index is 13.4. The molecule has 1 fully saturated rings. The van der Waals surface area contributed by atoms with Gasteiger partial charge in [0.05, 0.1) is 0 Å². The van der Waals surface area contributed by atoms with Crippen LogP contribution in [-0.4, -0.2) is 35.4 Å². The van der Waals surface area contributed by atoms with Crippen molar-refractivity contribution in [3.8, 4) is 5.75 Å². The van der Waals surface area contributed by atoms with Crippen LogP contribution in [0.15, 0.2) is 36.4 Å². The highest BCUT2D eigenvalue weighted by molar-refractivity contribution is 5.88. The Balaban J connectivity index is 1.79. The van der Waals surface area contributed by atoms with Gasteiger partial charge >= 0.3 is 0 Å². The molecule has 2 amide bonds. The minimum atomic E-state index is -0.618. The van der Waals surface area contributed by atoms with Crippen LogP contribution in [-0.2, 0) is 16.1 Å². The van der Waals surface area contributed by atoms with Gasteiger partial charge in [-0.1, -0.05) is 38.0 Å². The van der Waals surface area contributed by atoms with Gasteiger partial charge in [-0.3, -0.25) is 9.59 Å². The Morgan fingerprint density at radius 3 is 2.42 bits per heavy atom. The Hall–Kier alpha value is -2.89. The van der Waals surface area contributed by atoms with Crippen molar-refractivity contribution >= 4 is 11.8 Å². The third kappa shape index (κ3) is 6.56. The van der Waals surface area contributed by atoms with Crippen molar-refractivity contribution in [1.82, 2.24) is 10.2 Å². The molecule has 2 aromatic rings. The summed E-state index contributed by atoms with van der Waals surface area (Å²) in [4.78, 5) is 28.1. The number of aryl methyl sites for hydroxylation is 2. The van der Waals surface area contributed by atoms with Crippen LogP contribution in [0.25, 0.3) is 0 Å². The standard InChI is InChI=1S/C27H35FN2O3/c1-5-24(27(32)29-23-8-6-7-9-23)30(16-21-10-12-22(28)13-11-21)26(31)17-33-25-15-18(2)14-19(3)20(25)4/h10-15,23-24H,5-9,16-17H2,1-4H3,(H,29,32). The Kier molecular flexibility index (Phi) is 8.48. The van der Waals surface area contributed by atoms with E-state index in [1.165, 1.54) is 12.1 Å². The first-order chi connectivity index (χ1) is 15.8. The van der Waals surface area contributed by atoms with Crippen molar-refractivity contribution in [2.75, 3.05) is 6.61 Å². The summed E-state index contributed by atoms with van der Waals surface area (Å²) in [5.41, 5.74) is 3.91. The van der Waals surface area contributed by atoms with Crippen LogP contribution in [0.5, 0.6) is 5.75 Å². The molecule has 6 heteroatoms. The number of carbonyl (C=O) groups excluding carboxylic acids is 2. The SMILES string of the molecule is CCC(C(=O)NC1CCCC1)N(Cc1ccc(F)cc1)C(=O)COc1cc(C)cc(C)c1C. The number of rotatable bonds is 9. The second-order valence-corrected chi connectivity index (χ2v) is 9.06. The molecule has 3 rings (SSSR count). The van der Waals surface area contributed by atoms with Gasteiger partial charge in [0.1, 0.15) is 17.6 Å².